The van der Waals surface area contributed by atoms with Gasteiger partial charge in [0, 0.05) is 37.9 Å². The Bertz CT molecular complexity index is 1200. The monoisotopic (exact) mass is 500 g/mol. The first kappa shape index (κ1) is 26.7. The Morgan fingerprint density at radius 1 is 1.06 bits per heavy atom. The molecule has 4 rings (SSSR count). The molecule has 1 aliphatic rings. The quantitative estimate of drug-likeness (QED) is 0.527. The largest absolute Gasteiger partial charge is 0.490 e. The van der Waals surface area contributed by atoms with Crippen molar-refractivity contribution in [3.8, 4) is 0 Å². The first-order chi connectivity index (χ1) is 17.0. The third kappa shape index (κ3) is 7.29. The molecule has 0 radical (unpaired) electrons. The van der Waals surface area contributed by atoms with E-state index < -0.39 is 12.1 Å². The molecule has 1 aromatic heterocycles. The van der Waals surface area contributed by atoms with Gasteiger partial charge in [0.15, 0.2) is 0 Å². The molecule has 2 N–H and O–H groups in total. The zero-order valence-corrected chi connectivity index (χ0v) is 19.9. The van der Waals surface area contributed by atoms with Crippen molar-refractivity contribution in [1.82, 2.24) is 9.88 Å². The van der Waals surface area contributed by atoms with Gasteiger partial charge in [0.25, 0.3) is 5.91 Å². The number of carbonyl (C=O) groups is 2. The van der Waals surface area contributed by atoms with E-state index >= 15 is 0 Å². The van der Waals surface area contributed by atoms with Crippen LogP contribution < -0.4 is 10.2 Å². The molecule has 0 fully saturated rings. The van der Waals surface area contributed by atoms with Crippen molar-refractivity contribution < 1.29 is 27.9 Å². The summed E-state index contributed by atoms with van der Waals surface area (Å²) in [5.74, 6) is -1.96. The molecule has 190 valence electrons. The van der Waals surface area contributed by atoms with Gasteiger partial charge in [-0.1, -0.05) is 42.5 Å². The predicted octanol–water partition coefficient (Wildman–Crippen LogP) is 4.73. The molecule has 0 spiro atoms. The molecular weight excluding hydrogens is 473 g/mol. The Morgan fingerprint density at radius 2 is 1.69 bits per heavy atom. The summed E-state index contributed by atoms with van der Waals surface area (Å²) in [5, 5.41) is 10.4. The van der Waals surface area contributed by atoms with Crippen LogP contribution in [-0.4, -0.2) is 53.2 Å². The molecule has 36 heavy (non-hydrogen) atoms. The summed E-state index contributed by atoms with van der Waals surface area (Å²) in [5.41, 5.74) is 5.02. The van der Waals surface area contributed by atoms with Crippen LogP contribution in [0.4, 0.5) is 24.7 Å². The third-order valence-corrected chi connectivity index (χ3v) is 5.33. The molecule has 1 amide bonds. The highest BCUT2D eigenvalue weighted by atomic mass is 19.4. The minimum Gasteiger partial charge on any atom is -0.475 e. The van der Waals surface area contributed by atoms with E-state index in [2.05, 4.69) is 52.6 Å². The molecule has 2 heterocycles. The number of nitrogens with one attached hydrogen (secondary N) is 1. The molecule has 2 aromatic carbocycles. The van der Waals surface area contributed by atoms with Crippen LogP contribution in [0.5, 0.6) is 0 Å². The van der Waals surface area contributed by atoms with E-state index in [4.69, 9.17) is 9.90 Å². The number of nitrogens with zero attached hydrogens (tertiary/aromatic N) is 3. The molecule has 1 aliphatic heterocycles. The maximum Gasteiger partial charge on any atom is 0.490 e. The smallest absolute Gasteiger partial charge is 0.475 e. The molecule has 0 aliphatic carbocycles. The highest BCUT2D eigenvalue weighted by molar-refractivity contribution is 6.08. The van der Waals surface area contributed by atoms with Gasteiger partial charge >= 0.3 is 12.1 Å². The van der Waals surface area contributed by atoms with Gasteiger partial charge in [0.2, 0.25) is 0 Å². The van der Waals surface area contributed by atoms with Crippen LogP contribution in [-0.2, 0) is 17.9 Å². The van der Waals surface area contributed by atoms with Crippen molar-refractivity contribution in [3.05, 3.63) is 89.1 Å². The molecule has 3 aromatic rings. The number of carbonyl (C=O) groups excluding carboxylic acids is 1. The molecule has 7 nitrogen and oxygen atoms in total. The average molecular weight is 501 g/mol. The van der Waals surface area contributed by atoms with E-state index in [1.165, 1.54) is 5.56 Å². The number of fused-ring (bicyclic) bond motifs is 1. The summed E-state index contributed by atoms with van der Waals surface area (Å²) in [6.45, 7) is 4.99. The first-order valence-electron chi connectivity index (χ1n) is 11.2. The van der Waals surface area contributed by atoms with E-state index in [-0.39, 0.29) is 5.91 Å². The van der Waals surface area contributed by atoms with Crippen LogP contribution in [0.1, 0.15) is 27.0 Å². The fourth-order valence-corrected chi connectivity index (χ4v) is 3.73. The highest BCUT2D eigenvalue weighted by Gasteiger charge is 2.38. The van der Waals surface area contributed by atoms with Crippen molar-refractivity contribution in [2.24, 2.45) is 0 Å². The van der Waals surface area contributed by atoms with Gasteiger partial charge in [-0.05, 0) is 48.9 Å². The molecule has 0 atom stereocenters. The normalized spacial score (nSPS) is 12.8. The van der Waals surface area contributed by atoms with Crippen LogP contribution >= 0.6 is 0 Å². The lowest BCUT2D eigenvalue weighted by Crippen LogP contribution is -2.39. The van der Waals surface area contributed by atoms with Gasteiger partial charge in [-0.15, -0.1) is 0 Å². The van der Waals surface area contributed by atoms with Gasteiger partial charge < -0.3 is 15.3 Å². The van der Waals surface area contributed by atoms with Gasteiger partial charge in [-0.25, -0.2) is 9.78 Å². The number of benzene rings is 2. The van der Waals surface area contributed by atoms with E-state index in [0.717, 1.165) is 35.7 Å². The summed E-state index contributed by atoms with van der Waals surface area (Å²) in [7, 11) is 2.10. The number of aryl methyl sites for hydroxylation is 1. The summed E-state index contributed by atoms with van der Waals surface area (Å²) in [4.78, 5) is 30.7. The van der Waals surface area contributed by atoms with Crippen LogP contribution in [0.2, 0.25) is 0 Å². The van der Waals surface area contributed by atoms with E-state index in [0.29, 0.717) is 18.7 Å². The van der Waals surface area contributed by atoms with Crippen molar-refractivity contribution in [2.45, 2.75) is 26.2 Å². The Labute approximate surface area is 207 Å². The van der Waals surface area contributed by atoms with Crippen molar-refractivity contribution in [1.29, 1.82) is 0 Å². The number of halogens is 3. The molecular formula is C26H27F3N4O3. The second-order valence-corrected chi connectivity index (χ2v) is 8.43. The number of pyridine rings is 1. The summed E-state index contributed by atoms with van der Waals surface area (Å²) >= 11 is 0. The summed E-state index contributed by atoms with van der Waals surface area (Å²) in [6.07, 6.45) is -3.26. The number of alkyl halides is 3. The van der Waals surface area contributed by atoms with Gasteiger partial charge in [0.05, 0.1) is 5.69 Å². The van der Waals surface area contributed by atoms with Crippen LogP contribution in [0.3, 0.4) is 0 Å². The van der Waals surface area contributed by atoms with E-state index in [9.17, 15) is 18.0 Å². The van der Waals surface area contributed by atoms with Gasteiger partial charge in [-0.2, -0.15) is 13.2 Å². The summed E-state index contributed by atoms with van der Waals surface area (Å²) < 4.78 is 31.7. The minimum absolute atomic E-state index is 0.0210. The molecule has 0 saturated carbocycles. The molecule has 0 unspecified atom stereocenters. The zero-order valence-electron chi connectivity index (χ0n) is 19.9. The number of carboxylic acid groups (broad SMARTS) is 1. The van der Waals surface area contributed by atoms with Gasteiger partial charge in [0.1, 0.15) is 5.82 Å². The van der Waals surface area contributed by atoms with E-state index in [1.807, 2.05) is 48.4 Å². The summed E-state index contributed by atoms with van der Waals surface area (Å²) in [6, 6.07) is 20.4. The van der Waals surface area contributed by atoms with Crippen LogP contribution in [0, 0.1) is 6.92 Å². The minimum atomic E-state index is -5.08. The van der Waals surface area contributed by atoms with E-state index in [1.54, 1.807) is 0 Å². The highest BCUT2D eigenvalue weighted by Crippen LogP contribution is 2.29. The number of hydrogen-bond donors (Lipinski definition) is 2. The molecule has 0 saturated heterocycles. The molecule has 0 bridgehead atoms. The maximum absolute atomic E-state index is 13.3. The maximum atomic E-state index is 13.3. The zero-order chi connectivity index (χ0) is 26.3. The SMILES string of the molecule is Cc1cnc2c(c1)N(C(=O)c1cccc(CN(C)Cc3ccccc3)c1)CCN2.O=C(O)C(F)(F)F. The van der Waals surface area contributed by atoms with Crippen LogP contribution in [0.25, 0.3) is 0 Å². The third-order valence-electron chi connectivity index (χ3n) is 5.33. The lowest BCUT2D eigenvalue weighted by molar-refractivity contribution is -0.192. The van der Waals surface area contributed by atoms with Gasteiger partial charge in [-0.3, -0.25) is 9.69 Å². The average Bonchev–Trinajstić information content (AvgIpc) is 2.83. The number of aromatic nitrogens is 1. The number of rotatable bonds is 5. The first-order valence-corrected chi connectivity index (χ1v) is 11.2. The number of aliphatic carboxylic acids is 1. The Morgan fingerprint density at radius 3 is 2.36 bits per heavy atom. The second kappa shape index (κ2) is 11.7. The van der Waals surface area contributed by atoms with Crippen LogP contribution in [0.15, 0.2) is 66.9 Å². The lowest BCUT2D eigenvalue weighted by Gasteiger charge is -2.30. The molecule has 10 heteroatoms. The van der Waals surface area contributed by atoms with Crippen molar-refractivity contribution >= 4 is 23.4 Å². The second-order valence-electron chi connectivity index (χ2n) is 8.43. The fourth-order valence-electron chi connectivity index (χ4n) is 3.73. The standard InChI is InChI=1S/C24H26N4O.C2HF3O2/c1-18-13-22-23(26-15-18)25-11-12-28(22)24(29)21-10-6-9-20(14-21)17-27(2)16-19-7-4-3-5-8-19;3-2(4,5)1(6)7/h3-10,13-15H,11-12,16-17H2,1-2H3,(H,25,26);(H,6,7). The number of hydrogen-bond acceptors (Lipinski definition) is 5. The van der Waals surface area contributed by atoms with Crippen molar-refractivity contribution in [2.75, 3.05) is 30.4 Å². The lowest BCUT2D eigenvalue weighted by atomic mass is 10.1. The number of anilines is 2. The van der Waals surface area contributed by atoms with Crippen molar-refractivity contribution in [3.63, 3.8) is 0 Å². The number of carboxylic acids is 1. The predicted molar refractivity (Wildman–Crippen MR) is 131 cm³/mol. The Balaban J connectivity index is 0.000000454. The fraction of sp³-hybridized carbons (Fsp3) is 0.269. The Kier molecular flexibility index (Phi) is 8.65. The Hall–Kier alpha value is -3.92. The topological polar surface area (TPSA) is 85.8 Å². The number of amides is 1.